The van der Waals surface area contributed by atoms with Crippen molar-refractivity contribution in [3.8, 4) is 0 Å². The predicted octanol–water partition coefficient (Wildman–Crippen LogP) is 3.31. The molecule has 2 aromatic rings. The Kier molecular flexibility index (Phi) is 5.60. The molecule has 0 radical (unpaired) electrons. The average Bonchev–Trinajstić information content (AvgIpc) is 2.37. The Balaban J connectivity index is 0.00000162. The van der Waals surface area contributed by atoms with Gasteiger partial charge in [0.1, 0.15) is 0 Å². The molecular weight excluding hydrogens is 244 g/mol. The third kappa shape index (κ3) is 3.02. The second-order valence-corrected chi connectivity index (χ2v) is 4.55. The quantitative estimate of drug-likeness (QED) is 0.890. The molecule has 0 amide bonds. The van der Waals surface area contributed by atoms with E-state index >= 15 is 0 Å². The van der Waals surface area contributed by atoms with Crippen molar-refractivity contribution in [2.24, 2.45) is 11.5 Å². The summed E-state index contributed by atoms with van der Waals surface area (Å²) >= 11 is 0. The van der Waals surface area contributed by atoms with E-state index < -0.39 is 0 Å². The van der Waals surface area contributed by atoms with Gasteiger partial charge in [-0.2, -0.15) is 0 Å². The molecule has 0 unspecified atom stereocenters. The van der Waals surface area contributed by atoms with Crippen LogP contribution in [0.2, 0.25) is 0 Å². The lowest BCUT2D eigenvalue weighted by atomic mass is 9.94. The van der Waals surface area contributed by atoms with Crippen LogP contribution >= 0.6 is 12.4 Å². The van der Waals surface area contributed by atoms with Gasteiger partial charge in [-0.3, -0.25) is 0 Å². The van der Waals surface area contributed by atoms with Crippen molar-refractivity contribution >= 4 is 23.2 Å². The molecule has 2 rings (SSSR count). The van der Waals surface area contributed by atoms with Gasteiger partial charge in [0.05, 0.1) is 0 Å². The van der Waals surface area contributed by atoms with Gasteiger partial charge in [-0.05, 0) is 48.2 Å². The van der Waals surface area contributed by atoms with Crippen molar-refractivity contribution < 1.29 is 0 Å². The highest BCUT2D eigenvalue weighted by Gasteiger charge is 2.10. The summed E-state index contributed by atoms with van der Waals surface area (Å²) in [6.07, 6.45) is 1.92. The SMILES string of the molecule is Cc1ccc([C@@H](N)CCCN)c2ccccc12.Cl. The zero-order chi connectivity index (χ0) is 12.3. The molecule has 2 aromatic carbocycles. The van der Waals surface area contributed by atoms with E-state index in [1.165, 1.54) is 21.9 Å². The lowest BCUT2D eigenvalue weighted by Crippen LogP contribution is -2.13. The topological polar surface area (TPSA) is 52.0 Å². The Morgan fingerprint density at radius 2 is 1.72 bits per heavy atom. The van der Waals surface area contributed by atoms with Gasteiger partial charge < -0.3 is 11.5 Å². The fourth-order valence-corrected chi connectivity index (χ4v) is 2.29. The molecule has 0 fully saturated rings. The van der Waals surface area contributed by atoms with Crippen molar-refractivity contribution in [2.75, 3.05) is 6.54 Å². The van der Waals surface area contributed by atoms with Crippen molar-refractivity contribution in [1.29, 1.82) is 0 Å². The summed E-state index contributed by atoms with van der Waals surface area (Å²) in [4.78, 5) is 0. The molecule has 0 saturated heterocycles. The highest BCUT2D eigenvalue weighted by atomic mass is 35.5. The summed E-state index contributed by atoms with van der Waals surface area (Å²) in [7, 11) is 0. The monoisotopic (exact) mass is 264 g/mol. The molecule has 0 bridgehead atoms. The lowest BCUT2D eigenvalue weighted by Gasteiger charge is -2.15. The van der Waals surface area contributed by atoms with Gasteiger partial charge in [0.15, 0.2) is 0 Å². The highest BCUT2D eigenvalue weighted by Crippen LogP contribution is 2.27. The second kappa shape index (κ2) is 6.74. The van der Waals surface area contributed by atoms with Crippen molar-refractivity contribution in [3.63, 3.8) is 0 Å². The van der Waals surface area contributed by atoms with Crippen LogP contribution in [-0.2, 0) is 0 Å². The summed E-state index contributed by atoms with van der Waals surface area (Å²) in [5.74, 6) is 0. The lowest BCUT2D eigenvalue weighted by molar-refractivity contribution is 0.621. The molecular formula is C15H21ClN2. The Morgan fingerprint density at radius 1 is 1.06 bits per heavy atom. The third-order valence-corrected chi connectivity index (χ3v) is 3.29. The second-order valence-electron chi connectivity index (χ2n) is 4.55. The number of nitrogens with two attached hydrogens (primary N) is 2. The molecule has 98 valence electrons. The predicted molar refractivity (Wildman–Crippen MR) is 81.1 cm³/mol. The fraction of sp³-hybridized carbons (Fsp3) is 0.333. The maximum atomic E-state index is 6.24. The molecule has 0 aromatic heterocycles. The number of fused-ring (bicyclic) bond motifs is 1. The Morgan fingerprint density at radius 3 is 2.39 bits per heavy atom. The van der Waals surface area contributed by atoms with E-state index in [1.54, 1.807) is 0 Å². The smallest absolute Gasteiger partial charge is 0.0301 e. The minimum Gasteiger partial charge on any atom is -0.330 e. The van der Waals surface area contributed by atoms with Crippen LogP contribution in [0, 0.1) is 6.92 Å². The molecule has 0 spiro atoms. The number of rotatable bonds is 4. The summed E-state index contributed by atoms with van der Waals surface area (Å²) in [6, 6.07) is 12.8. The van der Waals surface area contributed by atoms with Crippen molar-refractivity contribution in [1.82, 2.24) is 0 Å². The van der Waals surface area contributed by atoms with Crippen LogP contribution in [0.3, 0.4) is 0 Å². The van der Waals surface area contributed by atoms with Gasteiger partial charge in [-0.1, -0.05) is 36.4 Å². The molecule has 0 aliphatic carbocycles. The average molecular weight is 265 g/mol. The van der Waals surface area contributed by atoms with E-state index in [0.29, 0.717) is 6.54 Å². The molecule has 4 N–H and O–H groups in total. The van der Waals surface area contributed by atoms with E-state index in [0.717, 1.165) is 12.8 Å². The molecule has 0 heterocycles. The molecule has 3 heteroatoms. The van der Waals surface area contributed by atoms with Crippen LogP contribution < -0.4 is 11.5 Å². The normalized spacial score (nSPS) is 12.2. The van der Waals surface area contributed by atoms with E-state index in [2.05, 4.69) is 43.3 Å². The summed E-state index contributed by atoms with van der Waals surface area (Å²) in [5.41, 5.74) is 14.3. The standard InChI is InChI=1S/C15H20N2.ClH/c1-11-8-9-14(15(17)7-4-10-16)13-6-3-2-5-12(11)13;/h2-3,5-6,8-9,15H,4,7,10,16-17H2,1H3;1H/t15-;/m0./s1. The number of aryl methyl sites for hydroxylation is 1. The van der Waals surface area contributed by atoms with Crippen LogP contribution in [0.25, 0.3) is 10.8 Å². The molecule has 1 atom stereocenters. The van der Waals surface area contributed by atoms with Crippen molar-refractivity contribution in [3.05, 3.63) is 47.5 Å². The summed E-state index contributed by atoms with van der Waals surface area (Å²) in [6.45, 7) is 2.84. The highest BCUT2D eigenvalue weighted by molar-refractivity contribution is 5.88. The fourth-order valence-electron chi connectivity index (χ4n) is 2.29. The van der Waals surface area contributed by atoms with Gasteiger partial charge in [0.25, 0.3) is 0 Å². The molecule has 18 heavy (non-hydrogen) atoms. The Labute approximate surface area is 115 Å². The number of hydrogen-bond acceptors (Lipinski definition) is 2. The number of hydrogen-bond donors (Lipinski definition) is 2. The van der Waals surface area contributed by atoms with Gasteiger partial charge in [-0.15, -0.1) is 12.4 Å². The van der Waals surface area contributed by atoms with Gasteiger partial charge in [0.2, 0.25) is 0 Å². The van der Waals surface area contributed by atoms with Gasteiger partial charge in [0, 0.05) is 6.04 Å². The van der Waals surface area contributed by atoms with E-state index in [9.17, 15) is 0 Å². The largest absolute Gasteiger partial charge is 0.330 e. The number of benzene rings is 2. The zero-order valence-corrected chi connectivity index (χ0v) is 11.5. The maximum Gasteiger partial charge on any atom is 0.0301 e. The first-order valence-electron chi connectivity index (χ1n) is 6.18. The zero-order valence-electron chi connectivity index (χ0n) is 10.7. The first kappa shape index (κ1) is 15.0. The van der Waals surface area contributed by atoms with Crippen LogP contribution in [-0.4, -0.2) is 6.54 Å². The number of halogens is 1. The minimum absolute atomic E-state index is 0. The van der Waals surface area contributed by atoms with Crippen LogP contribution in [0.1, 0.15) is 30.0 Å². The molecule has 0 aliphatic rings. The van der Waals surface area contributed by atoms with E-state index in [4.69, 9.17) is 11.5 Å². The molecule has 0 saturated carbocycles. The van der Waals surface area contributed by atoms with Crippen LogP contribution in [0.4, 0.5) is 0 Å². The van der Waals surface area contributed by atoms with Gasteiger partial charge >= 0.3 is 0 Å². The van der Waals surface area contributed by atoms with E-state index in [-0.39, 0.29) is 18.4 Å². The minimum atomic E-state index is 0. The van der Waals surface area contributed by atoms with Crippen LogP contribution in [0.15, 0.2) is 36.4 Å². The Bertz CT molecular complexity index is 511. The maximum absolute atomic E-state index is 6.24. The Hall–Kier alpha value is -1.09. The van der Waals surface area contributed by atoms with Crippen LogP contribution in [0.5, 0.6) is 0 Å². The summed E-state index contributed by atoms with van der Waals surface area (Å²) < 4.78 is 0. The third-order valence-electron chi connectivity index (χ3n) is 3.29. The van der Waals surface area contributed by atoms with Gasteiger partial charge in [-0.25, -0.2) is 0 Å². The molecule has 2 nitrogen and oxygen atoms in total. The first-order chi connectivity index (χ1) is 8.24. The van der Waals surface area contributed by atoms with E-state index in [1.807, 2.05) is 0 Å². The summed E-state index contributed by atoms with van der Waals surface area (Å²) in [5, 5.41) is 2.57. The first-order valence-corrected chi connectivity index (χ1v) is 6.18. The molecule has 0 aliphatic heterocycles. The van der Waals surface area contributed by atoms with Crippen molar-refractivity contribution in [2.45, 2.75) is 25.8 Å².